The fourth-order valence-electron chi connectivity index (χ4n) is 3.40. The van der Waals surface area contributed by atoms with Crippen molar-refractivity contribution < 1.29 is 19.1 Å². The molecule has 1 heterocycles. The average molecular weight is 572 g/mol. The first-order valence-electron chi connectivity index (χ1n) is 10.6. The molecule has 3 amide bonds. The highest BCUT2D eigenvalue weighted by Crippen LogP contribution is 2.36. The van der Waals surface area contributed by atoms with E-state index in [1.165, 1.54) is 0 Å². The van der Waals surface area contributed by atoms with Crippen LogP contribution in [0.4, 0.5) is 10.5 Å². The van der Waals surface area contributed by atoms with Crippen molar-refractivity contribution in [2.24, 2.45) is 0 Å². The van der Waals surface area contributed by atoms with Gasteiger partial charge in [-0.05, 0) is 72.3 Å². The lowest BCUT2D eigenvalue weighted by atomic mass is 10.1. The number of anilines is 1. The predicted molar refractivity (Wildman–Crippen MR) is 142 cm³/mol. The minimum Gasteiger partial charge on any atom is -0.483 e. The van der Waals surface area contributed by atoms with Crippen LogP contribution in [-0.2, 0) is 16.1 Å². The zero-order valence-corrected chi connectivity index (χ0v) is 21.7. The highest BCUT2D eigenvalue weighted by Gasteiger charge is 2.35. The van der Waals surface area contributed by atoms with E-state index < -0.39 is 5.91 Å². The van der Waals surface area contributed by atoms with Gasteiger partial charge in [0.25, 0.3) is 17.1 Å². The van der Waals surface area contributed by atoms with Crippen LogP contribution in [0.1, 0.15) is 16.7 Å². The largest absolute Gasteiger partial charge is 0.483 e. The van der Waals surface area contributed by atoms with Gasteiger partial charge in [-0.15, -0.1) is 0 Å². The molecule has 178 valence electrons. The Morgan fingerprint density at radius 1 is 1.11 bits per heavy atom. The minimum absolute atomic E-state index is 0.0860. The third-order valence-electron chi connectivity index (χ3n) is 5.08. The monoisotopic (exact) mass is 570 g/mol. The normalized spacial score (nSPS) is 14.5. The fourth-order valence-corrected chi connectivity index (χ4v) is 4.80. The quantitative estimate of drug-likeness (QED) is 0.321. The summed E-state index contributed by atoms with van der Waals surface area (Å²) in [6.07, 6.45) is 1.59. The van der Waals surface area contributed by atoms with Gasteiger partial charge in [-0.1, -0.05) is 57.9 Å². The fraction of sp³-hybridized carbons (Fsp3) is 0.115. The van der Waals surface area contributed by atoms with Crippen molar-refractivity contribution in [2.45, 2.75) is 13.5 Å². The van der Waals surface area contributed by atoms with E-state index in [0.29, 0.717) is 27.6 Å². The van der Waals surface area contributed by atoms with Gasteiger partial charge < -0.3 is 10.1 Å². The molecule has 35 heavy (non-hydrogen) atoms. The maximum atomic E-state index is 13.0. The molecule has 6 nitrogen and oxygen atoms in total. The highest BCUT2D eigenvalue weighted by molar-refractivity contribution is 9.10. The second-order valence-corrected chi connectivity index (χ2v) is 10.1. The van der Waals surface area contributed by atoms with E-state index >= 15 is 0 Å². The number of amides is 3. The Morgan fingerprint density at radius 2 is 1.91 bits per heavy atom. The van der Waals surface area contributed by atoms with E-state index in [9.17, 15) is 14.4 Å². The van der Waals surface area contributed by atoms with Crippen molar-refractivity contribution in [1.29, 1.82) is 0 Å². The summed E-state index contributed by atoms with van der Waals surface area (Å²) >= 11 is 10.5. The number of rotatable bonds is 7. The van der Waals surface area contributed by atoms with Crippen molar-refractivity contribution in [3.63, 3.8) is 0 Å². The van der Waals surface area contributed by atoms with Gasteiger partial charge >= 0.3 is 0 Å². The zero-order chi connectivity index (χ0) is 24.9. The van der Waals surface area contributed by atoms with Gasteiger partial charge in [-0.2, -0.15) is 0 Å². The molecule has 0 spiro atoms. The molecule has 0 unspecified atom stereocenters. The molecule has 4 rings (SSSR count). The molecular formula is C26H20BrClN2O4S. The maximum Gasteiger partial charge on any atom is 0.293 e. The molecule has 3 aromatic rings. The maximum absolute atomic E-state index is 13.0. The van der Waals surface area contributed by atoms with Crippen LogP contribution in [0.25, 0.3) is 6.08 Å². The first kappa shape index (κ1) is 25.0. The molecule has 0 atom stereocenters. The first-order chi connectivity index (χ1) is 16.8. The van der Waals surface area contributed by atoms with Crippen LogP contribution < -0.4 is 10.1 Å². The molecule has 1 fully saturated rings. The zero-order valence-electron chi connectivity index (χ0n) is 18.6. The Bertz CT molecular complexity index is 1340. The molecule has 0 aromatic heterocycles. The minimum atomic E-state index is -0.414. The molecule has 1 aliphatic rings. The number of carbonyl (C=O) groups excluding carboxylic acids is 3. The summed E-state index contributed by atoms with van der Waals surface area (Å²) in [5, 5.41) is 2.90. The average Bonchev–Trinajstić information content (AvgIpc) is 3.07. The number of halogens is 2. The topological polar surface area (TPSA) is 75.7 Å². The molecule has 1 aliphatic heterocycles. The van der Waals surface area contributed by atoms with Crippen LogP contribution in [0.15, 0.2) is 76.1 Å². The Morgan fingerprint density at radius 3 is 2.69 bits per heavy atom. The van der Waals surface area contributed by atoms with Crippen LogP contribution >= 0.6 is 39.3 Å². The Kier molecular flexibility index (Phi) is 7.95. The summed E-state index contributed by atoms with van der Waals surface area (Å²) in [5.41, 5.74) is 2.96. The summed E-state index contributed by atoms with van der Waals surface area (Å²) < 4.78 is 6.51. The summed E-state index contributed by atoms with van der Waals surface area (Å²) in [5.74, 6) is -0.321. The number of nitrogens with one attached hydrogen (secondary N) is 1. The lowest BCUT2D eigenvalue weighted by molar-refractivity contribution is -0.123. The molecule has 0 bridgehead atoms. The number of aryl methyl sites for hydroxylation is 1. The lowest BCUT2D eigenvalue weighted by Crippen LogP contribution is -2.27. The van der Waals surface area contributed by atoms with Gasteiger partial charge in [-0.25, -0.2) is 0 Å². The van der Waals surface area contributed by atoms with Crippen molar-refractivity contribution in [2.75, 3.05) is 11.9 Å². The molecule has 0 aliphatic carbocycles. The van der Waals surface area contributed by atoms with Gasteiger partial charge in [0.1, 0.15) is 5.75 Å². The second-order valence-electron chi connectivity index (χ2n) is 7.75. The summed E-state index contributed by atoms with van der Waals surface area (Å²) in [7, 11) is 0. The standard InChI is InChI=1S/C26H20BrClN2O4S/c1-16-5-4-7-20(11-16)29-24(31)15-34-22-10-9-19(27)12-18(22)13-23-25(32)30(26(33)35-23)14-17-6-2-3-8-21(17)28/h2-13H,14-15H2,1H3,(H,29,31)/b23-13-. The van der Waals surface area contributed by atoms with E-state index in [-0.39, 0.29) is 29.2 Å². The number of ether oxygens (including phenoxy) is 1. The molecular weight excluding hydrogens is 552 g/mol. The van der Waals surface area contributed by atoms with Gasteiger partial charge in [0.15, 0.2) is 6.61 Å². The number of thioether (sulfide) groups is 1. The van der Waals surface area contributed by atoms with Gasteiger partial charge in [0.05, 0.1) is 11.4 Å². The van der Waals surface area contributed by atoms with Crippen LogP contribution in [0.5, 0.6) is 5.75 Å². The van der Waals surface area contributed by atoms with E-state index in [0.717, 1.165) is 26.7 Å². The van der Waals surface area contributed by atoms with Crippen LogP contribution in [0, 0.1) is 6.92 Å². The van der Waals surface area contributed by atoms with Gasteiger partial charge in [-0.3, -0.25) is 19.3 Å². The van der Waals surface area contributed by atoms with E-state index in [1.807, 2.05) is 25.1 Å². The van der Waals surface area contributed by atoms with Gasteiger partial charge in [0, 0.05) is 20.7 Å². The van der Waals surface area contributed by atoms with Crippen molar-refractivity contribution in [3.05, 3.63) is 97.8 Å². The molecule has 1 saturated heterocycles. The summed E-state index contributed by atoms with van der Waals surface area (Å²) in [4.78, 5) is 39.3. The van der Waals surface area contributed by atoms with Crippen LogP contribution in [0.2, 0.25) is 5.02 Å². The van der Waals surface area contributed by atoms with E-state index in [2.05, 4.69) is 21.2 Å². The number of nitrogens with zero attached hydrogens (tertiary/aromatic N) is 1. The predicted octanol–water partition coefficient (Wildman–Crippen LogP) is 6.66. The third-order valence-corrected chi connectivity index (χ3v) is 6.85. The van der Waals surface area contributed by atoms with Crippen molar-refractivity contribution >= 4 is 68.1 Å². The van der Waals surface area contributed by atoms with E-state index in [4.69, 9.17) is 16.3 Å². The second kappa shape index (κ2) is 11.1. The number of benzene rings is 3. The van der Waals surface area contributed by atoms with Crippen molar-refractivity contribution in [1.82, 2.24) is 4.90 Å². The van der Waals surface area contributed by atoms with Crippen LogP contribution in [0.3, 0.4) is 0 Å². The first-order valence-corrected chi connectivity index (χ1v) is 12.6. The Labute approximate surface area is 220 Å². The number of imide groups is 1. The molecule has 0 radical (unpaired) electrons. The van der Waals surface area contributed by atoms with Crippen LogP contribution in [-0.4, -0.2) is 28.6 Å². The Hall–Kier alpha value is -3.07. The highest BCUT2D eigenvalue weighted by atomic mass is 79.9. The van der Waals surface area contributed by atoms with Crippen molar-refractivity contribution in [3.8, 4) is 5.75 Å². The third kappa shape index (κ3) is 6.33. The molecule has 1 N–H and O–H groups in total. The SMILES string of the molecule is Cc1cccc(NC(=O)COc2ccc(Br)cc2/C=C2\SC(=O)N(Cc3ccccc3Cl)C2=O)c1. The van der Waals surface area contributed by atoms with E-state index in [1.54, 1.807) is 54.6 Å². The van der Waals surface area contributed by atoms with Gasteiger partial charge in [0.2, 0.25) is 0 Å². The summed E-state index contributed by atoms with van der Waals surface area (Å²) in [6.45, 7) is 1.81. The number of hydrogen-bond acceptors (Lipinski definition) is 5. The molecule has 9 heteroatoms. The molecule has 0 saturated carbocycles. The number of carbonyl (C=O) groups is 3. The number of hydrogen-bond donors (Lipinski definition) is 1. The Balaban J connectivity index is 1.49. The lowest BCUT2D eigenvalue weighted by Gasteiger charge is -2.13. The summed E-state index contributed by atoms with van der Waals surface area (Å²) in [6, 6.07) is 19.8. The molecule has 3 aromatic carbocycles. The smallest absolute Gasteiger partial charge is 0.293 e.